The highest BCUT2D eigenvalue weighted by Crippen LogP contribution is 2.05. The molecule has 22 heavy (non-hydrogen) atoms. The number of pyridine rings is 1. The summed E-state index contributed by atoms with van der Waals surface area (Å²) < 4.78 is 23.6. The average Bonchev–Trinajstić information content (AvgIpc) is 2.37. The number of hydrogen-bond donors (Lipinski definition) is 1. The Hall–Kier alpha value is -2.49. The van der Waals surface area contributed by atoms with Crippen molar-refractivity contribution in [2.75, 3.05) is 20.1 Å². The minimum Gasteiger partial charge on any atom is -0.494 e. The first kappa shape index (κ1) is 15.9. The fourth-order valence-electron chi connectivity index (χ4n) is 1.91. The molecule has 1 aliphatic heterocycles. The van der Waals surface area contributed by atoms with Crippen LogP contribution in [0.1, 0.15) is 5.56 Å². The van der Waals surface area contributed by atoms with Crippen molar-refractivity contribution in [2.45, 2.75) is 6.42 Å². The van der Waals surface area contributed by atoms with Gasteiger partial charge in [-0.2, -0.15) is 4.39 Å². The smallest absolute Gasteiger partial charge is 0.494 e. The number of nitrogens with zero attached hydrogens (tertiary/aromatic N) is 2. The molecule has 10 heteroatoms. The molecule has 2 heterocycles. The van der Waals surface area contributed by atoms with E-state index < -0.39 is 37.4 Å². The molecular formula is C12H12BFN2O6. The molecule has 0 aliphatic carbocycles. The lowest BCUT2D eigenvalue weighted by Gasteiger charge is -2.22. The van der Waals surface area contributed by atoms with Gasteiger partial charge >= 0.3 is 25.0 Å². The van der Waals surface area contributed by atoms with Gasteiger partial charge in [-0.15, -0.1) is 0 Å². The van der Waals surface area contributed by atoms with Crippen LogP contribution in [0.2, 0.25) is 0 Å². The van der Waals surface area contributed by atoms with E-state index in [1.165, 1.54) is 11.9 Å². The lowest BCUT2D eigenvalue weighted by molar-refractivity contribution is -0.145. The Morgan fingerprint density at radius 3 is 2.55 bits per heavy atom. The van der Waals surface area contributed by atoms with Crippen LogP contribution in [0.4, 0.5) is 4.39 Å². The van der Waals surface area contributed by atoms with Crippen LogP contribution in [0.5, 0.6) is 0 Å². The Bertz CT molecular complexity index is 606. The fourth-order valence-corrected chi connectivity index (χ4v) is 1.91. The molecule has 1 N–H and O–H groups in total. The van der Waals surface area contributed by atoms with Gasteiger partial charge in [-0.3, -0.25) is 19.3 Å². The van der Waals surface area contributed by atoms with Crippen molar-refractivity contribution in [1.29, 1.82) is 0 Å². The zero-order valence-corrected chi connectivity index (χ0v) is 11.6. The second kappa shape index (κ2) is 6.52. The van der Waals surface area contributed by atoms with Gasteiger partial charge in [0, 0.05) is 6.20 Å². The summed E-state index contributed by atoms with van der Waals surface area (Å²) in [5.74, 6) is -3.55. The topological polar surface area (TPSA) is 106 Å². The number of hydrogen-bond acceptors (Lipinski definition) is 7. The molecule has 1 saturated heterocycles. The number of aromatic nitrogens is 1. The summed E-state index contributed by atoms with van der Waals surface area (Å²) in [6.45, 7) is -0.315. The van der Waals surface area contributed by atoms with Gasteiger partial charge in [0.2, 0.25) is 5.95 Å². The summed E-state index contributed by atoms with van der Waals surface area (Å²) in [5, 5.41) is 8.74. The van der Waals surface area contributed by atoms with Crippen molar-refractivity contribution in [1.82, 2.24) is 9.88 Å². The maximum absolute atomic E-state index is 13.8. The molecule has 2 rings (SSSR count). The minimum absolute atomic E-state index is 0.157. The number of carboxylic acids is 1. The molecule has 8 nitrogen and oxygen atoms in total. The van der Waals surface area contributed by atoms with Crippen molar-refractivity contribution in [3.63, 3.8) is 0 Å². The third-order valence-electron chi connectivity index (χ3n) is 2.81. The maximum atomic E-state index is 13.8. The third kappa shape index (κ3) is 4.01. The maximum Gasteiger partial charge on any atom is 0.641 e. The minimum atomic E-state index is -1.59. The molecule has 116 valence electrons. The van der Waals surface area contributed by atoms with E-state index in [0.717, 1.165) is 12.3 Å². The van der Waals surface area contributed by atoms with Crippen molar-refractivity contribution in [3.05, 3.63) is 23.8 Å². The van der Waals surface area contributed by atoms with Crippen LogP contribution in [-0.4, -0.2) is 60.2 Å². The van der Waals surface area contributed by atoms with Crippen LogP contribution in [0.15, 0.2) is 12.3 Å². The molecular weight excluding hydrogens is 298 g/mol. The van der Waals surface area contributed by atoms with Crippen molar-refractivity contribution in [2.24, 2.45) is 0 Å². The predicted molar refractivity (Wildman–Crippen MR) is 70.6 cm³/mol. The molecule has 0 saturated carbocycles. The van der Waals surface area contributed by atoms with E-state index in [0.29, 0.717) is 0 Å². The molecule has 0 amide bonds. The van der Waals surface area contributed by atoms with E-state index >= 15 is 0 Å². The standard InChI is InChI=1S/C12H12BFN2O6/c1-16-5-10(19)21-13(22-11(20)6-16)8-2-7(3-9(17)18)4-15-12(8)14/h2,4H,3,5-6H2,1H3,(H,17,18). The van der Waals surface area contributed by atoms with Crippen molar-refractivity contribution < 1.29 is 33.2 Å². The quantitative estimate of drug-likeness (QED) is 0.535. The number of aliphatic carboxylic acids is 1. The first-order valence-corrected chi connectivity index (χ1v) is 6.29. The van der Waals surface area contributed by atoms with Crippen LogP contribution in [0.3, 0.4) is 0 Å². The average molecular weight is 310 g/mol. The number of carboxylic acid groups (broad SMARTS) is 1. The molecule has 1 aromatic heterocycles. The number of carbonyl (C=O) groups excluding carboxylic acids is 2. The van der Waals surface area contributed by atoms with E-state index in [2.05, 4.69) is 4.98 Å². The van der Waals surface area contributed by atoms with Crippen molar-refractivity contribution in [3.8, 4) is 0 Å². The van der Waals surface area contributed by atoms with E-state index in [1.807, 2.05) is 0 Å². The highest BCUT2D eigenvalue weighted by Gasteiger charge is 2.36. The van der Waals surface area contributed by atoms with Gasteiger partial charge in [-0.1, -0.05) is 0 Å². The summed E-state index contributed by atoms with van der Waals surface area (Å²) in [4.78, 5) is 38.7. The van der Waals surface area contributed by atoms with Gasteiger partial charge in [0.25, 0.3) is 0 Å². The normalized spacial score (nSPS) is 16.5. The van der Waals surface area contributed by atoms with Crippen molar-refractivity contribution >= 4 is 30.5 Å². The van der Waals surface area contributed by atoms with Gasteiger partial charge in [0.05, 0.1) is 25.0 Å². The van der Waals surface area contributed by atoms with Gasteiger partial charge in [-0.25, -0.2) is 4.98 Å². The van der Waals surface area contributed by atoms with Gasteiger partial charge in [0.15, 0.2) is 0 Å². The number of carbonyl (C=O) groups is 3. The molecule has 0 radical (unpaired) electrons. The molecule has 0 spiro atoms. The van der Waals surface area contributed by atoms with E-state index in [9.17, 15) is 18.8 Å². The molecule has 1 fully saturated rings. The van der Waals surface area contributed by atoms with Gasteiger partial charge in [-0.05, 0) is 18.7 Å². The molecule has 1 aromatic rings. The highest BCUT2D eigenvalue weighted by molar-refractivity contribution is 6.64. The SMILES string of the molecule is CN1CC(=O)OB(c2cc(CC(=O)O)cnc2F)OC(=O)C1. The summed E-state index contributed by atoms with van der Waals surface area (Å²) in [6, 6.07) is 1.15. The highest BCUT2D eigenvalue weighted by atomic mass is 19.1. The monoisotopic (exact) mass is 310 g/mol. The summed E-state index contributed by atoms with van der Waals surface area (Å²) >= 11 is 0. The molecule has 0 aromatic carbocycles. The first-order chi connectivity index (χ1) is 10.3. The third-order valence-corrected chi connectivity index (χ3v) is 2.81. The van der Waals surface area contributed by atoms with Gasteiger partial charge < -0.3 is 14.4 Å². The van der Waals surface area contributed by atoms with E-state index in [-0.39, 0.29) is 24.1 Å². The van der Waals surface area contributed by atoms with Crippen LogP contribution in [0, 0.1) is 5.95 Å². The first-order valence-electron chi connectivity index (χ1n) is 6.29. The van der Waals surface area contributed by atoms with Crippen LogP contribution in [-0.2, 0) is 30.1 Å². The van der Waals surface area contributed by atoms with Crippen LogP contribution < -0.4 is 5.46 Å². The predicted octanol–water partition coefficient (Wildman–Crippen LogP) is -1.43. The number of halogens is 1. The van der Waals surface area contributed by atoms with E-state index in [1.54, 1.807) is 0 Å². The molecule has 0 atom stereocenters. The Labute approximate surface area is 125 Å². The second-order valence-electron chi connectivity index (χ2n) is 4.78. The molecule has 1 aliphatic rings. The zero-order valence-electron chi connectivity index (χ0n) is 11.6. The Balaban J connectivity index is 2.29. The Morgan fingerprint density at radius 1 is 1.41 bits per heavy atom. The summed E-state index contributed by atoms with van der Waals surface area (Å²) in [6.07, 6.45) is 0.658. The Morgan fingerprint density at radius 2 is 2.00 bits per heavy atom. The number of likely N-dealkylation sites (N-methyl/N-ethyl adjacent to an activating group) is 1. The zero-order chi connectivity index (χ0) is 16.3. The van der Waals surface area contributed by atoms with Crippen LogP contribution >= 0.6 is 0 Å². The van der Waals surface area contributed by atoms with Crippen LogP contribution in [0.25, 0.3) is 0 Å². The lowest BCUT2D eigenvalue weighted by Crippen LogP contribution is -2.49. The van der Waals surface area contributed by atoms with E-state index in [4.69, 9.17) is 14.4 Å². The number of rotatable bonds is 3. The van der Waals surface area contributed by atoms with Gasteiger partial charge in [0.1, 0.15) is 0 Å². The molecule has 0 unspecified atom stereocenters. The Kier molecular flexibility index (Phi) is 4.71. The largest absolute Gasteiger partial charge is 0.641 e. The summed E-state index contributed by atoms with van der Waals surface area (Å²) in [7, 11) is -0.0618. The lowest BCUT2D eigenvalue weighted by atomic mass is 9.78. The summed E-state index contributed by atoms with van der Waals surface area (Å²) in [5.41, 5.74) is -0.111. The fraction of sp³-hybridized carbons (Fsp3) is 0.333. The molecule has 0 bridgehead atoms. The second-order valence-corrected chi connectivity index (χ2v) is 4.78.